The summed E-state index contributed by atoms with van der Waals surface area (Å²) in [5.41, 5.74) is 1.55. The molecule has 0 amide bonds. The van der Waals surface area contributed by atoms with Gasteiger partial charge in [-0.1, -0.05) is 67.2 Å². The molecule has 0 fully saturated rings. The van der Waals surface area contributed by atoms with Gasteiger partial charge in [-0.25, -0.2) is 9.59 Å². The second-order valence-electron chi connectivity index (χ2n) is 5.82. The van der Waals surface area contributed by atoms with Crippen LogP contribution < -0.4 is 0 Å². The Morgan fingerprint density at radius 2 is 1.31 bits per heavy atom. The molecule has 0 saturated carbocycles. The van der Waals surface area contributed by atoms with Crippen molar-refractivity contribution in [2.45, 2.75) is 25.9 Å². The molecule has 0 bridgehead atoms. The van der Waals surface area contributed by atoms with Crippen molar-refractivity contribution in [1.82, 2.24) is 0 Å². The third-order valence-electron chi connectivity index (χ3n) is 3.67. The van der Waals surface area contributed by atoms with E-state index in [1.807, 2.05) is 12.1 Å². The van der Waals surface area contributed by atoms with Crippen molar-refractivity contribution in [3.63, 3.8) is 0 Å². The molecule has 0 heterocycles. The monoisotopic (exact) mass is 352 g/mol. The number of esters is 3. The molecule has 0 N–H and O–H groups in total. The minimum atomic E-state index is -1.21. The standard InChI is InChI=1S/C21H20O5/c1-14(2)19(22)25-15(3)20(23)26-21(24)18(16-10-6-4-7-11-16)17-12-8-5-9-13-17/h4-13,15,18H,1H2,2-3H3. The van der Waals surface area contributed by atoms with Crippen LogP contribution >= 0.6 is 0 Å². The summed E-state index contributed by atoms with van der Waals surface area (Å²) in [4.78, 5) is 36.3. The summed E-state index contributed by atoms with van der Waals surface area (Å²) in [5, 5.41) is 0. The minimum Gasteiger partial charge on any atom is -0.447 e. The van der Waals surface area contributed by atoms with Gasteiger partial charge in [0.2, 0.25) is 0 Å². The topological polar surface area (TPSA) is 69.7 Å². The highest BCUT2D eigenvalue weighted by molar-refractivity contribution is 5.95. The SMILES string of the molecule is C=C(C)C(=O)OC(C)C(=O)OC(=O)C(c1ccccc1)c1ccccc1. The van der Waals surface area contributed by atoms with Crippen LogP contribution in [0.1, 0.15) is 30.9 Å². The highest BCUT2D eigenvalue weighted by Gasteiger charge is 2.29. The van der Waals surface area contributed by atoms with Crippen LogP contribution in [0.25, 0.3) is 0 Å². The van der Waals surface area contributed by atoms with Crippen LogP contribution in [0, 0.1) is 0 Å². The molecule has 2 aromatic rings. The highest BCUT2D eigenvalue weighted by atomic mass is 16.6. The van der Waals surface area contributed by atoms with E-state index in [0.717, 1.165) is 0 Å². The van der Waals surface area contributed by atoms with Gasteiger partial charge in [-0.3, -0.25) is 4.79 Å². The lowest BCUT2D eigenvalue weighted by molar-refractivity contribution is -0.172. The third-order valence-corrected chi connectivity index (χ3v) is 3.67. The largest absolute Gasteiger partial charge is 0.447 e. The van der Waals surface area contributed by atoms with Crippen LogP contribution in [-0.4, -0.2) is 24.0 Å². The summed E-state index contributed by atoms with van der Waals surface area (Å²) < 4.78 is 9.88. The Balaban J connectivity index is 2.18. The van der Waals surface area contributed by atoms with E-state index >= 15 is 0 Å². The number of hydrogen-bond acceptors (Lipinski definition) is 5. The van der Waals surface area contributed by atoms with E-state index in [4.69, 9.17) is 9.47 Å². The molecule has 5 nitrogen and oxygen atoms in total. The number of carbonyl (C=O) groups is 3. The molecule has 0 aliphatic heterocycles. The van der Waals surface area contributed by atoms with Crippen LogP contribution in [0.5, 0.6) is 0 Å². The van der Waals surface area contributed by atoms with Crippen LogP contribution in [0.15, 0.2) is 72.8 Å². The Morgan fingerprint density at radius 3 is 1.73 bits per heavy atom. The van der Waals surface area contributed by atoms with Gasteiger partial charge >= 0.3 is 17.9 Å². The first kappa shape index (κ1) is 19.1. The molecule has 2 rings (SSSR count). The average Bonchev–Trinajstić information content (AvgIpc) is 2.63. The molecule has 1 unspecified atom stereocenters. The Kier molecular flexibility index (Phi) is 6.44. The molecule has 2 aromatic carbocycles. The van der Waals surface area contributed by atoms with E-state index < -0.39 is 29.9 Å². The summed E-state index contributed by atoms with van der Waals surface area (Å²) in [5.74, 6) is -3.14. The van der Waals surface area contributed by atoms with Gasteiger partial charge in [0.15, 0.2) is 6.10 Å². The van der Waals surface area contributed by atoms with E-state index in [9.17, 15) is 14.4 Å². The molecule has 0 radical (unpaired) electrons. The van der Waals surface area contributed by atoms with Crippen molar-refractivity contribution in [2.75, 3.05) is 0 Å². The lowest BCUT2D eigenvalue weighted by Gasteiger charge is -2.18. The third kappa shape index (κ3) is 4.89. The molecular weight excluding hydrogens is 332 g/mol. The zero-order valence-electron chi connectivity index (χ0n) is 14.7. The Bertz CT molecular complexity index is 756. The Morgan fingerprint density at radius 1 is 0.846 bits per heavy atom. The van der Waals surface area contributed by atoms with Crippen LogP contribution in [-0.2, 0) is 23.9 Å². The van der Waals surface area contributed by atoms with E-state index in [0.29, 0.717) is 11.1 Å². The van der Waals surface area contributed by atoms with Crippen molar-refractivity contribution < 1.29 is 23.9 Å². The lowest BCUT2D eigenvalue weighted by atomic mass is 9.91. The molecule has 0 aliphatic rings. The summed E-state index contributed by atoms with van der Waals surface area (Å²) in [7, 11) is 0. The quantitative estimate of drug-likeness (QED) is 0.453. The lowest BCUT2D eigenvalue weighted by Crippen LogP contribution is -2.30. The number of ether oxygens (including phenoxy) is 2. The second kappa shape index (κ2) is 8.76. The number of benzene rings is 2. The van der Waals surface area contributed by atoms with Crippen LogP contribution in [0.4, 0.5) is 0 Å². The smallest absolute Gasteiger partial charge is 0.354 e. The highest BCUT2D eigenvalue weighted by Crippen LogP contribution is 2.26. The maximum Gasteiger partial charge on any atom is 0.354 e. The number of hydrogen-bond donors (Lipinski definition) is 0. The predicted octanol–water partition coefficient (Wildman–Crippen LogP) is 3.40. The van der Waals surface area contributed by atoms with Gasteiger partial charge in [0.1, 0.15) is 5.92 Å². The second-order valence-corrected chi connectivity index (χ2v) is 5.82. The summed E-state index contributed by atoms with van der Waals surface area (Å²) in [6, 6.07) is 18.0. The minimum absolute atomic E-state index is 0.155. The first-order valence-electron chi connectivity index (χ1n) is 8.12. The molecule has 1 atom stereocenters. The molecule has 0 spiro atoms. The zero-order chi connectivity index (χ0) is 19.1. The van der Waals surface area contributed by atoms with E-state index in [2.05, 4.69) is 6.58 Å². The maximum absolute atomic E-state index is 12.7. The van der Waals surface area contributed by atoms with Gasteiger partial charge in [0.05, 0.1) is 0 Å². The van der Waals surface area contributed by atoms with Gasteiger partial charge in [0.25, 0.3) is 0 Å². The Labute approximate surface area is 152 Å². The van der Waals surface area contributed by atoms with E-state index in [-0.39, 0.29) is 5.57 Å². The molecule has 134 valence electrons. The summed E-state index contributed by atoms with van der Waals surface area (Å²) >= 11 is 0. The van der Waals surface area contributed by atoms with Crippen LogP contribution in [0.3, 0.4) is 0 Å². The molecule has 0 aromatic heterocycles. The van der Waals surface area contributed by atoms with Crippen molar-refractivity contribution in [3.05, 3.63) is 83.9 Å². The molecular formula is C21H20O5. The van der Waals surface area contributed by atoms with Crippen molar-refractivity contribution >= 4 is 17.9 Å². The van der Waals surface area contributed by atoms with Gasteiger partial charge in [-0.2, -0.15) is 0 Å². The zero-order valence-corrected chi connectivity index (χ0v) is 14.7. The maximum atomic E-state index is 12.7. The molecule has 0 aliphatic carbocycles. The Hall–Kier alpha value is -3.21. The van der Waals surface area contributed by atoms with Gasteiger partial charge in [-0.15, -0.1) is 0 Å². The fourth-order valence-corrected chi connectivity index (χ4v) is 2.31. The number of carbonyl (C=O) groups excluding carboxylic acids is 3. The van der Waals surface area contributed by atoms with Crippen LogP contribution in [0.2, 0.25) is 0 Å². The molecule has 26 heavy (non-hydrogen) atoms. The van der Waals surface area contributed by atoms with Gasteiger partial charge in [0, 0.05) is 5.57 Å². The van der Waals surface area contributed by atoms with Crippen molar-refractivity contribution in [3.8, 4) is 0 Å². The first-order valence-corrected chi connectivity index (χ1v) is 8.12. The predicted molar refractivity (Wildman–Crippen MR) is 96.2 cm³/mol. The summed E-state index contributed by atoms with van der Waals surface area (Å²) in [6.07, 6.45) is -1.21. The van der Waals surface area contributed by atoms with Crippen molar-refractivity contribution in [1.29, 1.82) is 0 Å². The normalized spacial score (nSPS) is 11.5. The first-order chi connectivity index (χ1) is 12.4. The van der Waals surface area contributed by atoms with E-state index in [1.54, 1.807) is 48.5 Å². The fraction of sp³-hybridized carbons (Fsp3) is 0.190. The van der Waals surface area contributed by atoms with E-state index in [1.165, 1.54) is 13.8 Å². The number of rotatable bonds is 6. The molecule has 0 saturated heterocycles. The fourth-order valence-electron chi connectivity index (χ4n) is 2.31. The van der Waals surface area contributed by atoms with Gasteiger partial charge in [-0.05, 0) is 25.0 Å². The molecule has 5 heteroatoms. The van der Waals surface area contributed by atoms with Gasteiger partial charge < -0.3 is 9.47 Å². The summed E-state index contributed by atoms with van der Waals surface area (Å²) in [6.45, 7) is 6.25. The average molecular weight is 352 g/mol. The van der Waals surface area contributed by atoms with Crippen molar-refractivity contribution in [2.24, 2.45) is 0 Å².